The third-order valence-electron chi connectivity index (χ3n) is 3.83. The molecule has 0 saturated heterocycles. The molecule has 0 amide bonds. The summed E-state index contributed by atoms with van der Waals surface area (Å²) in [7, 11) is 1.60. The second-order valence-corrected chi connectivity index (χ2v) is 5.51. The molecule has 0 aromatic heterocycles. The molecule has 2 rings (SSSR count). The topological polar surface area (TPSA) is 21.3 Å². The summed E-state index contributed by atoms with van der Waals surface area (Å²) in [6.07, 6.45) is -4.32. The van der Waals surface area contributed by atoms with Crippen LogP contribution in [0, 0.1) is 0 Å². The first-order valence-corrected chi connectivity index (χ1v) is 7.38. The minimum absolute atomic E-state index is 0.00505. The highest BCUT2D eigenvalue weighted by Crippen LogP contribution is 2.31. The van der Waals surface area contributed by atoms with E-state index in [1.807, 2.05) is 38.1 Å². The molecular formula is C18H20F3NO. The third kappa shape index (κ3) is 4.48. The number of methoxy groups -OCH3 is 1. The van der Waals surface area contributed by atoms with E-state index in [0.29, 0.717) is 5.56 Å². The summed E-state index contributed by atoms with van der Waals surface area (Å²) in [6, 6.07) is 12.8. The average molecular weight is 323 g/mol. The molecule has 0 fully saturated rings. The zero-order valence-electron chi connectivity index (χ0n) is 13.3. The third-order valence-corrected chi connectivity index (χ3v) is 3.83. The smallest absolute Gasteiger partial charge is 0.416 e. The summed E-state index contributed by atoms with van der Waals surface area (Å²) in [5, 5.41) is 3.32. The van der Waals surface area contributed by atoms with Crippen LogP contribution in [0.25, 0.3) is 0 Å². The number of benzene rings is 2. The van der Waals surface area contributed by atoms with Crippen molar-refractivity contribution in [3.8, 4) is 5.75 Å². The van der Waals surface area contributed by atoms with Gasteiger partial charge in [-0.15, -0.1) is 0 Å². The fourth-order valence-electron chi connectivity index (χ4n) is 2.44. The van der Waals surface area contributed by atoms with Crippen LogP contribution in [0.15, 0.2) is 48.5 Å². The molecule has 0 aliphatic heterocycles. The first-order chi connectivity index (χ1) is 10.8. The Kier molecular flexibility index (Phi) is 5.31. The predicted octanol–water partition coefficient (Wildman–Crippen LogP) is 5.13. The molecule has 2 unspecified atom stereocenters. The summed E-state index contributed by atoms with van der Waals surface area (Å²) in [5.41, 5.74) is 1.03. The minimum Gasteiger partial charge on any atom is -0.497 e. The number of hydrogen-bond donors (Lipinski definition) is 1. The number of nitrogens with one attached hydrogen (secondary N) is 1. The molecule has 23 heavy (non-hydrogen) atoms. The molecule has 5 heteroatoms. The van der Waals surface area contributed by atoms with E-state index in [4.69, 9.17) is 4.74 Å². The lowest BCUT2D eigenvalue weighted by atomic mass is 10.0. The van der Waals surface area contributed by atoms with Crippen molar-refractivity contribution in [1.82, 2.24) is 5.32 Å². The van der Waals surface area contributed by atoms with Gasteiger partial charge in [0, 0.05) is 12.1 Å². The average Bonchev–Trinajstić information content (AvgIpc) is 2.54. The zero-order chi connectivity index (χ0) is 17.0. The molecule has 1 N–H and O–H groups in total. The second kappa shape index (κ2) is 7.04. The van der Waals surface area contributed by atoms with Crippen molar-refractivity contribution in [3.63, 3.8) is 0 Å². The highest BCUT2D eigenvalue weighted by atomic mass is 19.4. The molecule has 2 atom stereocenters. The highest BCUT2D eigenvalue weighted by molar-refractivity contribution is 5.30. The van der Waals surface area contributed by atoms with Gasteiger partial charge in [0.2, 0.25) is 0 Å². The van der Waals surface area contributed by atoms with E-state index in [9.17, 15) is 13.2 Å². The molecule has 0 spiro atoms. The maximum Gasteiger partial charge on any atom is 0.416 e. The van der Waals surface area contributed by atoms with Gasteiger partial charge in [-0.3, -0.25) is 0 Å². The SMILES string of the molecule is COc1ccc(C(C)NC(C)c2cccc(C(F)(F)F)c2)cc1. The number of rotatable bonds is 5. The van der Waals surface area contributed by atoms with E-state index in [2.05, 4.69) is 5.32 Å². The van der Waals surface area contributed by atoms with Crippen molar-refractivity contribution in [2.45, 2.75) is 32.1 Å². The van der Waals surface area contributed by atoms with Gasteiger partial charge in [0.15, 0.2) is 0 Å². The van der Waals surface area contributed by atoms with Crippen molar-refractivity contribution >= 4 is 0 Å². The van der Waals surface area contributed by atoms with E-state index in [-0.39, 0.29) is 12.1 Å². The molecule has 2 aromatic carbocycles. The number of alkyl halides is 3. The lowest BCUT2D eigenvalue weighted by Crippen LogP contribution is -2.22. The van der Waals surface area contributed by atoms with Crippen molar-refractivity contribution in [1.29, 1.82) is 0 Å². The van der Waals surface area contributed by atoms with Crippen LogP contribution in [0.1, 0.15) is 42.6 Å². The Labute approximate surface area is 134 Å². The van der Waals surface area contributed by atoms with Crippen molar-refractivity contribution in [2.75, 3.05) is 7.11 Å². The monoisotopic (exact) mass is 323 g/mol. The van der Waals surface area contributed by atoms with Crippen LogP contribution < -0.4 is 10.1 Å². The lowest BCUT2D eigenvalue weighted by Gasteiger charge is -2.21. The molecule has 0 radical (unpaired) electrons. The Morgan fingerprint density at radius 3 is 2.09 bits per heavy atom. The molecule has 0 saturated carbocycles. The van der Waals surface area contributed by atoms with Gasteiger partial charge in [-0.1, -0.05) is 24.3 Å². The van der Waals surface area contributed by atoms with Crippen LogP contribution in [-0.4, -0.2) is 7.11 Å². The van der Waals surface area contributed by atoms with Crippen molar-refractivity contribution in [2.24, 2.45) is 0 Å². The van der Waals surface area contributed by atoms with Gasteiger partial charge in [-0.25, -0.2) is 0 Å². The fourth-order valence-corrected chi connectivity index (χ4v) is 2.44. The Bertz CT molecular complexity index is 637. The van der Waals surface area contributed by atoms with Gasteiger partial charge in [-0.2, -0.15) is 13.2 Å². The molecule has 2 aromatic rings. The van der Waals surface area contributed by atoms with Crippen LogP contribution in [-0.2, 0) is 6.18 Å². The Balaban J connectivity index is 2.10. The molecular weight excluding hydrogens is 303 g/mol. The predicted molar refractivity (Wildman–Crippen MR) is 84.4 cm³/mol. The minimum atomic E-state index is -4.32. The van der Waals surface area contributed by atoms with E-state index >= 15 is 0 Å². The fraction of sp³-hybridized carbons (Fsp3) is 0.333. The number of ether oxygens (including phenoxy) is 1. The molecule has 124 valence electrons. The maximum atomic E-state index is 12.8. The molecule has 0 aliphatic rings. The van der Waals surface area contributed by atoms with Crippen LogP contribution in [0.4, 0.5) is 13.2 Å². The largest absolute Gasteiger partial charge is 0.497 e. The summed E-state index contributed by atoms with van der Waals surface area (Å²) in [5.74, 6) is 0.770. The summed E-state index contributed by atoms with van der Waals surface area (Å²) < 4.78 is 43.5. The van der Waals surface area contributed by atoms with E-state index in [0.717, 1.165) is 17.4 Å². The Hall–Kier alpha value is -2.01. The molecule has 0 heterocycles. The lowest BCUT2D eigenvalue weighted by molar-refractivity contribution is -0.137. The zero-order valence-corrected chi connectivity index (χ0v) is 13.3. The second-order valence-electron chi connectivity index (χ2n) is 5.51. The van der Waals surface area contributed by atoms with E-state index < -0.39 is 11.7 Å². The van der Waals surface area contributed by atoms with Gasteiger partial charge in [-0.05, 0) is 49.2 Å². The summed E-state index contributed by atoms with van der Waals surface area (Å²) in [4.78, 5) is 0. The van der Waals surface area contributed by atoms with Gasteiger partial charge in [0.25, 0.3) is 0 Å². The number of halogens is 3. The van der Waals surface area contributed by atoms with Crippen LogP contribution in [0.5, 0.6) is 5.75 Å². The Morgan fingerprint density at radius 1 is 0.913 bits per heavy atom. The molecule has 2 nitrogen and oxygen atoms in total. The normalized spacial score (nSPS) is 14.3. The number of hydrogen-bond acceptors (Lipinski definition) is 2. The molecule has 0 aliphatic carbocycles. The Morgan fingerprint density at radius 2 is 1.52 bits per heavy atom. The van der Waals surface area contributed by atoms with E-state index in [1.54, 1.807) is 13.2 Å². The first kappa shape index (κ1) is 17.3. The van der Waals surface area contributed by atoms with Gasteiger partial charge < -0.3 is 10.1 Å². The van der Waals surface area contributed by atoms with Crippen LogP contribution in [0.3, 0.4) is 0 Å². The van der Waals surface area contributed by atoms with Gasteiger partial charge in [0.1, 0.15) is 5.75 Å². The maximum absolute atomic E-state index is 12.8. The van der Waals surface area contributed by atoms with Crippen molar-refractivity contribution in [3.05, 3.63) is 65.2 Å². The van der Waals surface area contributed by atoms with Gasteiger partial charge >= 0.3 is 6.18 Å². The van der Waals surface area contributed by atoms with E-state index in [1.165, 1.54) is 12.1 Å². The quantitative estimate of drug-likeness (QED) is 0.824. The standard InChI is InChI=1S/C18H20F3NO/c1-12(14-7-9-17(23-3)10-8-14)22-13(2)15-5-4-6-16(11-15)18(19,20)21/h4-13,22H,1-3H3. The first-order valence-electron chi connectivity index (χ1n) is 7.38. The highest BCUT2D eigenvalue weighted by Gasteiger charge is 2.30. The summed E-state index contributed by atoms with van der Waals surface area (Å²) >= 11 is 0. The molecule has 0 bridgehead atoms. The summed E-state index contributed by atoms with van der Waals surface area (Å²) in [6.45, 7) is 3.83. The van der Waals surface area contributed by atoms with Crippen LogP contribution in [0.2, 0.25) is 0 Å². The van der Waals surface area contributed by atoms with Crippen LogP contribution >= 0.6 is 0 Å². The van der Waals surface area contributed by atoms with Crippen molar-refractivity contribution < 1.29 is 17.9 Å². The van der Waals surface area contributed by atoms with Gasteiger partial charge in [0.05, 0.1) is 12.7 Å².